The number of likely N-dealkylation sites (tertiary alicyclic amines) is 1. The van der Waals surface area contributed by atoms with Crippen LogP contribution in [-0.4, -0.2) is 18.2 Å². The number of thiocarbonyl (C=S) groups is 1. The summed E-state index contributed by atoms with van der Waals surface area (Å²) in [6.45, 7) is 6.10. The predicted octanol–water partition coefficient (Wildman–Crippen LogP) is 2.80. The van der Waals surface area contributed by atoms with Crippen LogP contribution >= 0.6 is 12.2 Å². The van der Waals surface area contributed by atoms with Crippen LogP contribution in [0.4, 0.5) is 10.1 Å². The van der Waals surface area contributed by atoms with Crippen LogP contribution in [-0.2, 0) is 13.1 Å². The van der Waals surface area contributed by atoms with Gasteiger partial charge in [-0.3, -0.25) is 0 Å². The molecule has 1 heterocycles. The fraction of sp³-hybridized carbons (Fsp3) is 0.350. The van der Waals surface area contributed by atoms with E-state index in [1.165, 1.54) is 43.1 Å². The van der Waals surface area contributed by atoms with Gasteiger partial charge >= 0.3 is 0 Å². The lowest BCUT2D eigenvalue weighted by Crippen LogP contribution is -3.08. The minimum atomic E-state index is -0.233. The molecule has 2 aromatic rings. The molecule has 3 nitrogen and oxygen atoms in total. The van der Waals surface area contributed by atoms with Gasteiger partial charge in [0, 0.05) is 30.6 Å². The van der Waals surface area contributed by atoms with Crippen LogP contribution in [0.5, 0.6) is 0 Å². The predicted molar refractivity (Wildman–Crippen MR) is 104 cm³/mol. The normalized spacial score (nSPS) is 14.5. The van der Waals surface area contributed by atoms with Crippen molar-refractivity contribution in [3.63, 3.8) is 0 Å². The van der Waals surface area contributed by atoms with Crippen LogP contribution in [0.2, 0.25) is 0 Å². The molecule has 2 aromatic carbocycles. The van der Waals surface area contributed by atoms with Gasteiger partial charge in [-0.05, 0) is 42.4 Å². The molecule has 0 radical (unpaired) electrons. The molecular weight excluding hydrogens is 333 g/mol. The maximum Gasteiger partial charge on any atom is 0.171 e. The van der Waals surface area contributed by atoms with Crippen molar-refractivity contribution in [3.05, 3.63) is 65.0 Å². The number of hydrogen-bond donors (Lipinski definition) is 3. The third-order valence-corrected chi connectivity index (χ3v) is 4.92. The second kappa shape index (κ2) is 8.41. The van der Waals surface area contributed by atoms with Crippen LogP contribution in [0, 0.1) is 12.7 Å². The molecule has 0 saturated carbocycles. The first-order chi connectivity index (χ1) is 12.1. The molecule has 0 aromatic heterocycles. The first kappa shape index (κ1) is 17.8. The van der Waals surface area contributed by atoms with Gasteiger partial charge in [-0.15, -0.1) is 0 Å². The molecule has 0 atom stereocenters. The van der Waals surface area contributed by atoms with Gasteiger partial charge in [0.1, 0.15) is 12.4 Å². The summed E-state index contributed by atoms with van der Waals surface area (Å²) in [5.74, 6) is -0.233. The Morgan fingerprint density at radius 3 is 2.44 bits per heavy atom. The van der Waals surface area contributed by atoms with Crippen LogP contribution in [0.3, 0.4) is 0 Å². The quantitative estimate of drug-likeness (QED) is 0.718. The number of quaternary nitrogens is 1. The van der Waals surface area contributed by atoms with Crippen molar-refractivity contribution in [1.82, 2.24) is 5.32 Å². The van der Waals surface area contributed by atoms with E-state index in [4.69, 9.17) is 12.2 Å². The Balaban J connectivity index is 1.47. The van der Waals surface area contributed by atoms with Gasteiger partial charge in [0.05, 0.1) is 13.1 Å². The molecule has 0 amide bonds. The van der Waals surface area contributed by atoms with Crippen molar-refractivity contribution in [1.29, 1.82) is 0 Å². The highest BCUT2D eigenvalue weighted by molar-refractivity contribution is 7.80. The zero-order chi connectivity index (χ0) is 17.6. The van der Waals surface area contributed by atoms with Crippen LogP contribution in [0.15, 0.2) is 42.5 Å². The lowest BCUT2D eigenvalue weighted by atomic mass is 10.1. The molecule has 0 bridgehead atoms. The smallest absolute Gasteiger partial charge is 0.171 e. The third kappa shape index (κ3) is 5.25. The molecule has 0 spiro atoms. The summed E-state index contributed by atoms with van der Waals surface area (Å²) in [6, 6.07) is 13.7. The van der Waals surface area contributed by atoms with E-state index < -0.39 is 0 Å². The van der Waals surface area contributed by atoms with Gasteiger partial charge in [0.25, 0.3) is 0 Å². The van der Waals surface area contributed by atoms with Crippen molar-refractivity contribution in [2.75, 3.05) is 18.4 Å². The average Bonchev–Trinajstić information content (AvgIpc) is 3.11. The maximum absolute atomic E-state index is 13.6. The molecule has 0 aliphatic carbocycles. The standard InChI is InChI=1S/C20H24FN3S/c1-15-4-9-18(12-19(15)21)23-20(25)22-13-16-5-7-17(8-6-16)14-24-10-2-3-11-24/h4-9,12H,2-3,10-11,13-14H2,1H3,(H2,22,23,25)/p+1. The van der Waals surface area contributed by atoms with E-state index in [1.54, 1.807) is 17.9 Å². The minimum absolute atomic E-state index is 0.233. The Kier molecular flexibility index (Phi) is 6.00. The summed E-state index contributed by atoms with van der Waals surface area (Å²) in [5.41, 5.74) is 3.85. The monoisotopic (exact) mass is 358 g/mol. The van der Waals surface area contributed by atoms with E-state index >= 15 is 0 Å². The first-order valence-electron chi connectivity index (χ1n) is 8.82. The minimum Gasteiger partial charge on any atom is -0.358 e. The molecule has 3 rings (SSSR count). The van der Waals surface area contributed by atoms with Crippen molar-refractivity contribution in [2.24, 2.45) is 0 Å². The Morgan fingerprint density at radius 2 is 1.76 bits per heavy atom. The maximum atomic E-state index is 13.6. The Bertz CT molecular complexity index is 724. The molecule has 1 fully saturated rings. The summed E-state index contributed by atoms with van der Waals surface area (Å²) >= 11 is 5.28. The Hall–Kier alpha value is -1.98. The molecule has 25 heavy (non-hydrogen) atoms. The Morgan fingerprint density at radius 1 is 1.08 bits per heavy atom. The number of benzene rings is 2. The van der Waals surface area contributed by atoms with Crippen molar-refractivity contribution < 1.29 is 9.29 Å². The number of halogens is 1. The van der Waals surface area contributed by atoms with Crippen LogP contribution in [0.25, 0.3) is 0 Å². The topological polar surface area (TPSA) is 28.5 Å². The fourth-order valence-corrected chi connectivity index (χ4v) is 3.33. The summed E-state index contributed by atoms with van der Waals surface area (Å²) in [6.07, 6.45) is 2.71. The van der Waals surface area contributed by atoms with E-state index in [0.29, 0.717) is 22.9 Å². The van der Waals surface area contributed by atoms with E-state index in [9.17, 15) is 4.39 Å². The van der Waals surface area contributed by atoms with E-state index in [1.807, 2.05) is 6.07 Å². The zero-order valence-corrected chi connectivity index (χ0v) is 15.4. The van der Waals surface area contributed by atoms with Gasteiger partial charge in [-0.25, -0.2) is 4.39 Å². The van der Waals surface area contributed by atoms with E-state index in [0.717, 1.165) is 6.54 Å². The third-order valence-electron chi connectivity index (χ3n) is 4.67. The number of aryl methyl sites for hydroxylation is 1. The van der Waals surface area contributed by atoms with E-state index in [2.05, 4.69) is 34.9 Å². The highest BCUT2D eigenvalue weighted by Gasteiger charge is 2.15. The fourth-order valence-electron chi connectivity index (χ4n) is 3.14. The van der Waals surface area contributed by atoms with E-state index in [-0.39, 0.29) is 5.82 Å². The number of hydrogen-bond acceptors (Lipinski definition) is 1. The van der Waals surface area contributed by atoms with Gasteiger partial charge < -0.3 is 15.5 Å². The molecular formula is C20H25FN3S+. The lowest BCUT2D eigenvalue weighted by molar-refractivity contribution is -0.901. The highest BCUT2D eigenvalue weighted by atomic mass is 32.1. The van der Waals surface area contributed by atoms with Gasteiger partial charge in [0.2, 0.25) is 0 Å². The molecule has 1 saturated heterocycles. The van der Waals surface area contributed by atoms with Crippen LogP contribution in [0.1, 0.15) is 29.5 Å². The van der Waals surface area contributed by atoms with Gasteiger partial charge in [-0.2, -0.15) is 0 Å². The highest BCUT2D eigenvalue weighted by Crippen LogP contribution is 2.13. The van der Waals surface area contributed by atoms with Crippen molar-refractivity contribution in [2.45, 2.75) is 32.9 Å². The number of anilines is 1. The molecule has 1 aliphatic rings. The summed E-state index contributed by atoms with van der Waals surface area (Å²) < 4.78 is 13.6. The number of nitrogens with one attached hydrogen (secondary N) is 3. The molecule has 3 N–H and O–H groups in total. The van der Waals surface area contributed by atoms with Crippen molar-refractivity contribution >= 4 is 23.0 Å². The second-order valence-electron chi connectivity index (χ2n) is 6.72. The van der Waals surface area contributed by atoms with Gasteiger partial charge in [-0.1, -0.05) is 30.3 Å². The summed E-state index contributed by atoms with van der Waals surface area (Å²) in [4.78, 5) is 1.68. The van der Waals surface area contributed by atoms with Gasteiger partial charge in [0.15, 0.2) is 5.11 Å². The first-order valence-corrected chi connectivity index (χ1v) is 9.23. The SMILES string of the molecule is Cc1ccc(NC(=S)NCc2ccc(C[NH+]3CCCC3)cc2)cc1F. The lowest BCUT2D eigenvalue weighted by Gasteiger charge is -2.13. The molecule has 1 aliphatic heterocycles. The molecule has 132 valence electrons. The number of rotatable bonds is 5. The summed E-state index contributed by atoms with van der Waals surface area (Å²) in [5, 5.41) is 6.68. The second-order valence-corrected chi connectivity index (χ2v) is 7.13. The zero-order valence-electron chi connectivity index (χ0n) is 14.6. The van der Waals surface area contributed by atoms with Crippen LogP contribution < -0.4 is 15.5 Å². The van der Waals surface area contributed by atoms with Crippen molar-refractivity contribution in [3.8, 4) is 0 Å². The largest absolute Gasteiger partial charge is 0.358 e. The molecule has 0 unspecified atom stereocenters. The average molecular weight is 359 g/mol. The molecule has 5 heteroatoms. The Labute approximate surface area is 154 Å². The summed E-state index contributed by atoms with van der Waals surface area (Å²) in [7, 11) is 0.